The summed E-state index contributed by atoms with van der Waals surface area (Å²) in [5.74, 6) is -0.382. The minimum atomic E-state index is -0.832. The van der Waals surface area contributed by atoms with Crippen LogP contribution in [0, 0.1) is 5.92 Å². The van der Waals surface area contributed by atoms with Gasteiger partial charge in [0, 0.05) is 19.1 Å². The number of rotatable bonds is 6. The highest BCUT2D eigenvalue weighted by Crippen LogP contribution is 2.09. The van der Waals surface area contributed by atoms with Crippen molar-refractivity contribution in [1.82, 2.24) is 4.90 Å². The molecule has 4 nitrogen and oxygen atoms in total. The Kier molecular flexibility index (Phi) is 5.72. The molecular formula is C10H22N2O2. The summed E-state index contributed by atoms with van der Waals surface area (Å²) in [5, 5.41) is 8.98. The largest absolute Gasteiger partial charge is 0.480 e. The van der Waals surface area contributed by atoms with Crippen LogP contribution < -0.4 is 5.73 Å². The van der Waals surface area contributed by atoms with Crippen LogP contribution in [0.2, 0.25) is 0 Å². The molecule has 0 aliphatic heterocycles. The molecule has 0 bridgehead atoms. The number of aliphatic carboxylic acids is 1. The van der Waals surface area contributed by atoms with E-state index in [0.717, 1.165) is 6.54 Å². The number of hydrogen-bond donors (Lipinski definition) is 2. The van der Waals surface area contributed by atoms with Crippen molar-refractivity contribution in [2.45, 2.75) is 39.8 Å². The van der Waals surface area contributed by atoms with Gasteiger partial charge in [0.15, 0.2) is 0 Å². The number of nitrogens with two attached hydrogens (primary N) is 1. The fourth-order valence-electron chi connectivity index (χ4n) is 1.50. The third kappa shape index (κ3) is 4.07. The number of carbonyl (C=O) groups is 1. The van der Waals surface area contributed by atoms with Gasteiger partial charge in [-0.05, 0) is 19.8 Å². The van der Waals surface area contributed by atoms with Crippen LogP contribution in [0.5, 0.6) is 0 Å². The van der Waals surface area contributed by atoms with E-state index in [0.29, 0.717) is 5.92 Å². The SMILES string of the molecule is CC(C)CN(C(C)C)C(CN)C(=O)O. The molecule has 1 atom stereocenters. The Morgan fingerprint density at radius 3 is 2.07 bits per heavy atom. The fourth-order valence-corrected chi connectivity index (χ4v) is 1.50. The quantitative estimate of drug-likeness (QED) is 0.667. The summed E-state index contributed by atoms with van der Waals surface area (Å²) in [6.45, 7) is 9.07. The molecule has 1 unspecified atom stereocenters. The van der Waals surface area contributed by atoms with E-state index in [9.17, 15) is 4.79 Å². The lowest BCUT2D eigenvalue weighted by Gasteiger charge is -2.32. The molecule has 0 fully saturated rings. The molecule has 0 aromatic heterocycles. The molecule has 0 spiro atoms. The van der Waals surface area contributed by atoms with Crippen molar-refractivity contribution in [3.8, 4) is 0 Å². The first kappa shape index (κ1) is 13.4. The summed E-state index contributed by atoms with van der Waals surface area (Å²) in [6, 6.07) is -0.348. The first-order valence-corrected chi connectivity index (χ1v) is 5.08. The lowest BCUT2D eigenvalue weighted by Crippen LogP contribution is -2.50. The molecule has 0 heterocycles. The van der Waals surface area contributed by atoms with Crippen molar-refractivity contribution in [2.24, 2.45) is 11.7 Å². The number of hydrogen-bond acceptors (Lipinski definition) is 3. The van der Waals surface area contributed by atoms with Gasteiger partial charge in [-0.2, -0.15) is 0 Å². The molecule has 4 heteroatoms. The summed E-state index contributed by atoms with van der Waals surface area (Å²) in [6.07, 6.45) is 0. The van der Waals surface area contributed by atoms with E-state index >= 15 is 0 Å². The highest BCUT2D eigenvalue weighted by atomic mass is 16.4. The Bertz CT molecular complexity index is 181. The maximum atomic E-state index is 10.9. The maximum Gasteiger partial charge on any atom is 0.322 e. The van der Waals surface area contributed by atoms with Crippen molar-refractivity contribution >= 4 is 5.97 Å². The lowest BCUT2D eigenvalue weighted by atomic mass is 10.1. The molecule has 14 heavy (non-hydrogen) atoms. The van der Waals surface area contributed by atoms with Crippen LogP contribution in [0.3, 0.4) is 0 Å². The summed E-state index contributed by atoms with van der Waals surface area (Å²) in [5.41, 5.74) is 5.47. The van der Waals surface area contributed by atoms with Crippen molar-refractivity contribution in [2.75, 3.05) is 13.1 Å². The van der Waals surface area contributed by atoms with Crippen LogP contribution in [0.1, 0.15) is 27.7 Å². The van der Waals surface area contributed by atoms with Gasteiger partial charge >= 0.3 is 5.97 Å². The zero-order valence-electron chi connectivity index (χ0n) is 9.53. The van der Waals surface area contributed by atoms with Gasteiger partial charge < -0.3 is 10.8 Å². The number of nitrogens with zero attached hydrogens (tertiary/aromatic N) is 1. The smallest absolute Gasteiger partial charge is 0.322 e. The predicted molar refractivity (Wildman–Crippen MR) is 57.2 cm³/mol. The topological polar surface area (TPSA) is 66.6 Å². The minimum absolute atomic E-state index is 0.167. The van der Waals surface area contributed by atoms with Crippen LogP contribution in [0.25, 0.3) is 0 Å². The molecule has 0 aromatic carbocycles. The van der Waals surface area contributed by atoms with E-state index in [-0.39, 0.29) is 12.6 Å². The van der Waals surface area contributed by atoms with Gasteiger partial charge in [0.25, 0.3) is 0 Å². The molecule has 3 N–H and O–H groups in total. The molecule has 0 aromatic rings. The van der Waals surface area contributed by atoms with E-state index in [1.165, 1.54) is 0 Å². The van der Waals surface area contributed by atoms with Crippen molar-refractivity contribution in [3.63, 3.8) is 0 Å². The summed E-state index contributed by atoms with van der Waals surface area (Å²) in [7, 11) is 0. The molecule has 0 saturated heterocycles. The average Bonchev–Trinajstić information content (AvgIpc) is 2.02. The van der Waals surface area contributed by atoms with Crippen LogP contribution in [-0.2, 0) is 4.79 Å². The molecule has 0 saturated carbocycles. The molecule has 0 aliphatic rings. The van der Waals surface area contributed by atoms with Crippen LogP contribution >= 0.6 is 0 Å². The van der Waals surface area contributed by atoms with Gasteiger partial charge in [-0.25, -0.2) is 0 Å². The van der Waals surface area contributed by atoms with Gasteiger partial charge in [-0.1, -0.05) is 13.8 Å². The van der Waals surface area contributed by atoms with Gasteiger partial charge in [-0.3, -0.25) is 9.69 Å². The van der Waals surface area contributed by atoms with Gasteiger partial charge in [0.2, 0.25) is 0 Å². The fraction of sp³-hybridized carbons (Fsp3) is 0.900. The summed E-state index contributed by atoms with van der Waals surface area (Å²) >= 11 is 0. The maximum absolute atomic E-state index is 10.9. The van der Waals surface area contributed by atoms with Crippen LogP contribution in [0.4, 0.5) is 0 Å². The van der Waals surface area contributed by atoms with Crippen molar-refractivity contribution in [1.29, 1.82) is 0 Å². The van der Waals surface area contributed by atoms with E-state index in [1.807, 2.05) is 18.7 Å². The molecule has 0 amide bonds. The van der Waals surface area contributed by atoms with E-state index in [4.69, 9.17) is 10.8 Å². The molecule has 84 valence electrons. The van der Waals surface area contributed by atoms with E-state index in [2.05, 4.69) is 13.8 Å². The van der Waals surface area contributed by atoms with Crippen molar-refractivity contribution in [3.05, 3.63) is 0 Å². The minimum Gasteiger partial charge on any atom is -0.480 e. The van der Waals surface area contributed by atoms with Crippen LogP contribution in [-0.4, -0.2) is 41.1 Å². The molecule has 0 rings (SSSR count). The van der Waals surface area contributed by atoms with Gasteiger partial charge in [0.1, 0.15) is 6.04 Å². The first-order valence-electron chi connectivity index (χ1n) is 5.08. The Morgan fingerprint density at radius 2 is 1.86 bits per heavy atom. The Balaban J connectivity index is 4.52. The second-order valence-electron chi connectivity index (χ2n) is 4.27. The zero-order chi connectivity index (χ0) is 11.3. The summed E-state index contributed by atoms with van der Waals surface area (Å²) < 4.78 is 0. The Hall–Kier alpha value is -0.610. The van der Waals surface area contributed by atoms with E-state index < -0.39 is 12.0 Å². The highest BCUT2D eigenvalue weighted by molar-refractivity contribution is 5.73. The summed E-state index contributed by atoms with van der Waals surface area (Å²) in [4.78, 5) is 12.9. The predicted octanol–water partition coefficient (Wildman–Crippen LogP) is 0.765. The zero-order valence-corrected chi connectivity index (χ0v) is 9.53. The third-order valence-corrected chi connectivity index (χ3v) is 2.15. The third-order valence-electron chi connectivity index (χ3n) is 2.15. The highest BCUT2D eigenvalue weighted by Gasteiger charge is 2.26. The molecule has 0 aliphatic carbocycles. The van der Waals surface area contributed by atoms with E-state index in [1.54, 1.807) is 0 Å². The normalized spacial score (nSPS) is 14.0. The molecule has 0 radical (unpaired) electrons. The van der Waals surface area contributed by atoms with Crippen molar-refractivity contribution < 1.29 is 9.90 Å². The second-order valence-corrected chi connectivity index (χ2v) is 4.27. The number of carboxylic acid groups (broad SMARTS) is 1. The average molecular weight is 202 g/mol. The Morgan fingerprint density at radius 1 is 1.36 bits per heavy atom. The monoisotopic (exact) mass is 202 g/mol. The molecular weight excluding hydrogens is 180 g/mol. The lowest BCUT2D eigenvalue weighted by molar-refractivity contribution is -0.143. The standard InChI is InChI=1S/C10H22N2O2/c1-7(2)6-12(8(3)4)9(5-11)10(13)14/h7-9H,5-6,11H2,1-4H3,(H,13,14). The van der Waals surface area contributed by atoms with Gasteiger partial charge in [0.05, 0.1) is 0 Å². The first-order chi connectivity index (χ1) is 6.40. The number of carboxylic acids is 1. The second kappa shape index (κ2) is 5.98. The Labute approximate surface area is 86.1 Å². The van der Waals surface area contributed by atoms with Crippen LogP contribution in [0.15, 0.2) is 0 Å². The van der Waals surface area contributed by atoms with Gasteiger partial charge in [-0.15, -0.1) is 0 Å².